The number of rotatable bonds is 6. The van der Waals surface area contributed by atoms with E-state index in [1.807, 2.05) is 11.8 Å². The molecule has 1 aliphatic carbocycles. The maximum Gasteiger partial charge on any atom is 0.303 e. The van der Waals surface area contributed by atoms with E-state index in [4.69, 9.17) is 9.84 Å². The van der Waals surface area contributed by atoms with Crippen molar-refractivity contribution in [2.24, 2.45) is 5.41 Å². The van der Waals surface area contributed by atoms with Gasteiger partial charge in [-0.2, -0.15) is 11.8 Å². The largest absolute Gasteiger partial charge is 0.481 e. The summed E-state index contributed by atoms with van der Waals surface area (Å²) in [6, 6.07) is 0. The van der Waals surface area contributed by atoms with Crippen LogP contribution in [0.25, 0.3) is 0 Å². The average molecular weight is 287 g/mol. The summed E-state index contributed by atoms with van der Waals surface area (Å²) in [6.07, 6.45) is 2.32. The Hall–Kier alpha value is -0.750. The van der Waals surface area contributed by atoms with Crippen molar-refractivity contribution in [3.63, 3.8) is 0 Å². The number of hydrogen-bond donors (Lipinski definition) is 1. The van der Waals surface area contributed by atoms with Crippen LogP contribution >= 0.6 is 11.8 Å². The molecule has 0 aromatic rings. The molecule has 0 radical (unpaired) electrons. The number of carbonyl (C=O) groups is 2. The van der Waals surface area contributed by atoms with E-state index >= 15 is 0 Å². The molecule has 6 heteroatoms. The van der Waals surface area contributed by atoms with Crippen LogP contribution in [-0.4, -0.2) is 59.2 Å². The van der Waals surface area contributed by atoms with Crippen LogP contribution in [-0.2, 0) is 14.3 Å². The highest BCUT2D eigenvalue weighted by atomic mass is 32.2. The molecule has 19 heavy (non-hydrogen) atoms. The van der Waals surface area contributed by atoms with Gasteiger partial charge in [0.25, 0.3) is 0 Å². The van der Waals surface area contributed by atoms with Gasteiger partial charge in [0.15, 0.2) is 0 Å². The Labute approximate surface area is 117 Å². The van der Waals surface area contributed by atoms with E-state index in [0.717, 1.165) is 18.6 Å². The number of thioether (sulfide) groups is 1. The Morgan fingerprint density at radius 1 is 1.47 bits per heavy atom. The standard InChI is InChI=1S/C13H21NO4S/c1-10-7-14(4-5-18-10)11(15)8-19-9-13(2-3-13)6-12(16)17/h10H,2-9H2,1H3,(H,16,17). The maximum atomic E-state index is 12.0. The molecule has 0 aromatic carbocycles. The smallest absolute Gasteiger partial charge is 0.303 e. The van der Waals surface area contributed by atoms with E-state index in [1.54, 1.807) is 11.8 Å². The monoisotopic (exact) mass is 287 g/mol. The van der Waals surface area contributed by atoms with Gasteiger partial charge < -0.3 is 14.7 Å². The lowest BCUT2D eigenvalue weighted by atomic mass is 10.1. The van der Waals surface area contributed by atoms with Gasteiger partial charge in [-0.3, -0.25) is 9.59 Å². The molecule has 1 saturated heterocycles. The van der Waals surface area contributed by atoms with E-state index in [2.05, 4.69) is 0 Å². The molecule has 108 valence electrons. The number of aliphatic carboxylic acids is 1. The van der Waals surface area contributed by atoms with Gasteiger partial charge in [0, 0.05) is 13.1 Å². The first kappa shape index (κ1) is 14.7. The van der Waals surface area contributed by atoms with Crippen LogP contribution in [0.3, 0.4) is 0 Å². The number of morpholine rings is 1. The predicted molar refractivity (Wildman–Crippen MR) is 73.2 cm³/mol. The topological polar surface area (TPSA) is 66.8 Å². The molecule has 0 spiro atoms. The summed E-state index contributed by atoms with van der Waals surface area (Å²) in [5.41, 5.74) is -0.0327. The zero-order chi connectivity index (χ0) is 13.9. The van der Waals surface area contributed by atoms with E-state index in [0.29, 0.717) is 25.4 Å². The molecular weight excluding hydrogens is 266 g/mol. The first-order chi connectivity index (χ1) is 9.01. The summed E-state index contributed by atoms with van der Waals surface area (Å²) in [7, 11) is 0. The van der Waals surface area contributed by atoms with Crippen LogP contribution in [0.2, 0.25) is 0 Å². The van der Waals surface area contributed by atoms with Crippen molar-refractivity contribution in [3.05, 3.63) is 0 Å². The van der Waals surface area contributed by atoms with Crippen LogP contribution in [0.4, 0.5) is 0 Å². The average Bonchev–Trinajstić information content (AvgIpc) is 3.08. The van der Waals surface area contributed by atoms with Gasteiger partial charge in [-0.15, -0.1) is 0 Å². The maximum absolute atomic E-state index is 12.0. The molecule has 1 atom stereocenters. The summed E-state index contributed by atoms with van der Waals surface area (Å²) >= 11 is 1.57. The van der Waals surface area contributed by atoms with E-state index in [1.165, 1.54) is 0 Å². The Kier molecular flexibility index (Phi) is 4.73. The van der Waals surface area contributed by atoms with Crippen molar-refractivity contribution in [1.82, 2.24) is 4.90 Å². The lowest BCUT2D eigenvalue weighted by Gasteiger charge is -2.31. The Balaban J connectivity index is 1.68. The lowest BCUT2D eigenvalue weighted by molar-refractivity contribution is -0.138. The number of amides is 1. The molecule has 1 saturated carbocycles. The molecule has 1 heterocycles. The normalized spacial score (nSPS) is 25.1. The third-order valence-electron chi connectivity index (χ3n) is 3.71. The van der Waals surface area contributed by atoms with E-state index in [-0.39, 0.29) is 23.8 Å². The zero-order valence-corrected chi connectivity index (χ0v) is 12.1. The fourth-order valence-electron chi connectivity index (χ4n) is 2.36. The fourth-order valence-corrected chi connectivity index (χ4v) is 3.64. The lowest BCUT2D eigenvalue weighted by Crippen LogP contribution is -2.45. The first-order valence-electron chi connectivity index (χ1n) is 6.70. The van der Waals surface area contributed by atoms with Crippen LogP contribution < -0.4 is 0 Å². The molecule has 1 unspecified atom stereocenters. The Bertz CT molecular complexity index is 357. The number of nitrogens with zero attached hydrogens (tertiary/aromatic N) is 1. The molecule has 2 fully saturated rings. The van der Waals surface area contributed by atoms with Crippen LogP contribution in [0, 0.1) is 5.41 Å². The van der Waals surface area contributed by atoms with Crippen molar-refractivity contribution < 1.29 is 19.4 Å². The summed E-state index contributed by atoms with van der Waals surface area (Å²) in [6.45, 7) is 3.92. The minimum absolute atomic E-state index is 0.0327. The van der Waals surface area contributed by atoms with Crippen molar-refractivity contribution >= 4 is 23.6 Å². The second-order valence-electron chi connectivity index (χ2n) is 5.58. The molecule has 0 bridgehead atoms. The highest BCUT2D eigenvalue weighted by Gasteiger charge is 2.44. The summed E-state index contributed by atoms with van der Waals surface area (Å²) in [5.74, 6) is 0.650. The summed E-state index contributed by atoms with van der Waals surface area (Å²) in [5, 5.41) is 8.83. The van der Waals surface area contributed by atoms with Gasteiger partial charge in [-0.05, 0) is 30.9 Å². The second-order valence-corrected chi connectivity index (χ2v) is 6.57. The van der Waals surface area contributed by atoms with E-state index in [9.17, 15) is 9.59 Å². The first-order valence-corrected chi connectivity index (χ1v) is 7.85. The van der Waals surface area contributed by atoms with Crippen molar-refractivity contribution in [2.75, 3.05) is 31.2 Å². The predicted octanol–water partition coefficient (Wildman–Crippen LogP) is 1.22. The number of ether oxygens (including phenoxy) is 1. The van der Waals surface area contributed by atoms with Crippen molar-refractivity contribution in [2.45, 2.75) is 32.3 Å². The number of carbonyl (C=O) groups excluding carboxylic acids is 1. The van der Waals surface area contributed by atoms with Gasteiger partial charge >= 0.3 is 5.97 Å². The Morgan fingerprint density at radius 2 is 2.21 bits per heavy atom. The molecule has 1 N–H and O–H groups in total. The van der Waals surface area contributed by atoms with Crippen LogP contribution in [0.15, 0.2) is 0 Å². The fraction of sp³-hybridized carbons (Fsp3) is 0.846. The Morgan fingerprint density at radius 3 is 2.79 bits per heavy atom. The molecule has 2 rings (SSSR count). The van der Waals surface area contributed by atoms with Gasteiger partial charge in [0.1, 0.15) is 0 Å². The minimum Gasteiger partial charge on any atom is -0.481 e. The van der Waals surface area contributed by atoms with Crippen molar-refractivity contribution in [1.29, 1.82) is 0 Å². The summed E-state index contributed by atoms with van der Waals surface area (Å²) < 4.78 is 5.40. The molecule has 1 amide bonds. The number of carboxylic acids is 1. The van der Waals surface area contributed by atoms with Gasteiger partial charge in [-0.25, -0.2) is 0 Å². The van der Waals surface area contributed by atoms with Gasteiger partial charge in [0.2, 0.25) is 5.91 Å². The second kappa shape index (κ2) is 6.13. The van der Waals surface area contributed by atoms with E-state index < -0.39 is 5.97 Å². The van der Waals surface area contributed by atoms with Crippen molar-refractivity contribution in [3.8, 4) is 0 Å². The third kappa shape index (κ3) is 4.38. The quantitative estimate of drug-likeness (QED) is 0.795. The third-order valence-corrected chi connectivity index (χ3v) is 4.98. The molecule has 5 nitrogen and oxygen atoms in total. The minimum atomic E-state index is -0.730. The van der Waals surface area contributed by atoms with Crippen LogP contribution in [0.1, 0.15) is 26.2 Å². The number of hydrogen-bond acceptors (Lipinski definition) is 4. The molecule has 2 aliphatic rings. The molecule has 0 aromatic heterocycles. The highest BCUT2D eigenvalue weighted by molar-refractivity contribution is 7.99. The highest BCUT2D eigenvalue weighted by Crippen LogP contribution is 2.50. The molecule has 1 aliphatic heterocycles. The van der Waals surface area contributed by atoms with Gasteiger partial charge in [0.05, 0.1) is 24.9 Å². The zero-order valence-electron chi connectivity index (χ0n) is 11.3. The SMILES string of the molecule is CC1CN(C(=O)CSCC2(CC(=O)O)CC2)CCO1. The van der Waals surface area contributed by atoms with Crippen LogP contribution in [0.5, 0.6) is 0 Å². The summed E-state index contributed by atoms with van der Waals surface area (Å²) in [4.78, 5) is 24.6. The van der Waals surface area contributed by atoms with Gasteiger partial charge in [-0.1, -0.05) is 0 Å². The number of carboxylic acid groups (broad SMARTS) is 1. The molecular formula is C13H21NO4S.